The summed E-state index contributed by atoms with van der Waals surface area (Å²) in [5, 5.41) is 0. The molecule has 0 unspecified atom stereocenters. The summed E-state index contributed by atoms with van der Waals surface area (Å²) < 4.78 is 0. The highest BCUT2D eigenvalue weighted by Gasteiger charge is 2.01. The van der Waals surface area contributed by atoms with Crippen LogP contribution in [0.4, 0.5) is 0 Å². The molecule has 0 bridgehead atoms. The van der Waals surface area contributed by atoms with Crippen LogP contribution in [0.5, 0.6) is 0 Å². The van der Waals surface area contributed by atoms with E-state index in [1.54, 1.807) is 0 Å². The third-order valence-corrected chi connectivity index (χ3v) is 2.10. The zero-order valence-corrected chi connectivity index (χ0v) is 7.96. The Kier molecular flexibility index (Phi) is 3.47. The van der Waals surface area contributed by atoms with Crippen LogP contribution in [0.2, 0.25) is 0 Å². The minimum absolute atomic E-state index is 0.571. The Labute approximate surface area is 79.6 Å². The van der Waals surface area contributed by atoms with Crippen molar-refractivity contribution in [3.63, 3.8) is 0 Å². The molecule has 1 rings (SSSR count). The molecule has 1 aromatic rings. The zero-order valence-electron chi connectivity index (χ0n) is 7.96. The molecular weight excluding hydrogens is 158 g/mol. The maximum atomic E-state index is 5.64. The van der Waals surface area contributed by atoms with Gasteiger partial charge in [-0.3, -0.25) is 0 Å². The molecule has 0 saturated heterocycles. The van der Waals surface area contributed by atoms with E-state index in [0.29, 0.717) is 6.54 Å². The van der Waals surface area contributed by atoms with Gasteiger partial charge < -0.3 is 5.73 Å². The number of hydrogen-bond acceptors (Lipinski definition) is 1. The molecule has 2 N–H and O–H groups in total. The minimum atomic E-state index is 0.571. The Hall–Kier alpha value is -1.34. The summed E-state index contributed by atoms with van der Waals surface area (Å²) in [6.07, 6.45) is 3.90. The highest BCUT2D eigenvalue weighted by atomic mass is 14.5. The molecule has 13 heavy (non-hydrogen) atoms. The Morgan fingerprint density at radius 3 is 2.69 bits per heavy atom. The Bertz CT molecular complexity index is 324. The molecular formula is C12H15N. The summed E-state index contributed by atoms with van der Waals surface area (Å²) in [6.45, 7) is 6.35. The summed E-state index contributed by atoms with van der Waals surface area (Å²) in [7, 11) is 0. The summed E-state index contributed by atoms with van der Waals surface area (Å²) >= 11 is 0. The first-order valence-electron chi connectivity index (χ1n) is 4.40. The molecule has 0 aliphatic carbocycles. The third-order valence-electron chi connectivity index (χ3n) is 2.10. The van der Waals surface area contributed by atoms with Gasteiger partial charge in [-0.1, -0.05) is 43.0 Å². The van der Waals surface area contributed by atoms with Crippen molar-refractivity contribution in [2.45, 2.75) is 6.92 Å². The molecule has 1 nitrogen and oxygen atoms in total. The molecule has 0 aliphatic rings. The lowest BCUT2D eigenvalue weighted by Gasteiger charge is -2.07. The summed E-state index contributed by atoms with van der Waals surface area (Å²) in [5.41, 5.74) is 9.12. The maximum Gasteiger partial charge on any atom is 0.0181 e. The lowest BCUT2D eigenvalue weighted by Crippen LogP contribution is -2.03. The van der Waals surface area contributed by atoms with Gasteiger partial charge in [0, 0.05) is 6.54 Å². The van der Waals surface area contributed by atoms with Crippen LogP contribution in [0.25, 0.3) is 11.6 Å². The molecule has 1 heteroatoms. The highest BCUT2D eigenvalue weighted by molar-refractivity contribution is 5.74. The van der Waals surface area contributed by atoms with Crippen molar-refractivity contribution in [1.82, 2.24) is 0 Å². The molecule has 0 atom stereocenters. The fraction of sp³-hybridized carbons (Fsp3) is 0.167. The van der Waals surface area contributed by atoms with Gasteiger partial charge in [0.25, 0.3) is 0 Å². The lowest BCUT2D eigenvalue weighted by molar-refractivity contribution is 1.26. The number of allylic oxidation sites excluding steroid dienone is 1. The fourth-order valence-corrected chi connectivity index (χ4v) is 1.35. The summed E-state index contributed by atoms with van der Waals surface area (Å²) in [6, 6.07) is 8.13. The van der Waals surface area contributed by atoms with Crippen LogP contribution in [-0.4, -0.2) is 6.54 Å². The van der Waals surface area contributed by atoms with Crippen molar-refractivity contribution < 1.29 is 0 Å². The van der Waals surface area contributed by atoms with E-state index < -0.39 is 0 Å². The van der Waals surface area contributed by atoms with Crippen LogP contribution in [0.15, 0.2) is 36.9 Å². The van der Waals surface area contributed by atoms with Crippen molar-refractivity contribution in [1.29, 1.82) is 0 Å². The zero-order chi connectivity index (χ0) is 9.68. The number of nitrogens with two attached hydrogens (primary N) is 1. The van der Waals surface area contributed by atoms with Crippen LogP contribution in [0.1, 0.15) is 18.1 Å². The number of benzene rings is 1. The minimum Gasteiger partial charge on any atom is -0.326 e. The van der Waals surface area contributed by atoms with E-state index in [1.165, 1.54) is 5.56 Å². The molecule has 0 aromatic heterocycles. The van der Waals surface area contributed by atoms with E-state index in [0.717, 1.165) is 11.1 Å². The van der Waals surface area contributed by atoms with Gasteiger partial charge in [-0.15, -0.1) is 0 Å². The Morgan fingerprint density at radius 1 is 1.46 bits per heavy atom. The van der Waals surface area contributed by atoms with E-state index in [2.05, 4.69) is 12.6 Å². The van der Waals surface area contributed by atoms with Crippen molar-refractivity contribution in [2.75, 3.05) is 6.54 Å². The van der Waals surface area contributed by atoms with E-state index in [4.69, 9.17) is 5.73 Å². The predicted molar refractivity (Wildman–Crippen MR) is 59.2 cm³/mol. The van der Waals surface area contributed by atoms with Crippen LogP contribution in [0.3, 0.4) is 0 Å². The first-order valence-corrected chi connectivity index (χ1v) is 4.40. The smallest absolute Gasteiger partial charge is 0.0181 e. The van der Waals surface area contributed by atoms with Crippen molar-refractivity contribution in [3.05, 3.63) is 48.0 Å². The predicted octanol–water partition coefficient (Wildman–Crippen LogP) is 2.69. The Morgan fingerprint density at radius 2 is 2.15 bits per heavy atom. The van der Waals surface area contributed by atoms with Gasteiger partial charge in [-0.05, 0) is 23.6 Å². The van der Waals surface area contributed by atoms with E-state index in [9.17, 15) is 0 Å². The largest absolute Gasteiger partial charge is 0.326 e. The maximum absolute atomic E-state index is 5.64. The van der Waals surface area contributed by atoms with Crippen molar-refractivity contribution >= 4 is 11.6 Å². The molecule has 0 radical (unpaired) electrons. The fourth-order valence-electron chi connectivity index (χ4n) is 1.35. The van der Waals surface area contributed by atoms with Gasteiger partial charge in [0.15, 0.2) is 0 Å². The standard InChI is InChI=1S/C12H15N/c1-3-10-7-5-6-8-12(10)11(4-2)9-13/h3-8H,1,9,13H2,2H3/b11-4-. The molecule has 1 aromatic carbocycles. The van der Waals surface area contributed by atoms with E-state index in [1.807, 2.05) is 37.3 Å². The Balaban J connectivity index is 3.19. The first-order chi connectivity index (χ1) is 6.33. The quantitative estimate of drug-likeness (QED) is 0.747. The van der Waals surface area contributed by atoms with Crippen molar-refractivity contribution in [2.24, 2.45) is 5.73 Å². The van der Waals surface area contributed by atoms with E-state index in [-0.39, 0.29) is 0 Å². The summed E-state index contributed by atoms with van der Waals surface area (Å²) in [4.78, 5) is 0. The second-order valence-corrected chi connectivity index (χ2v) is 2.81. The molecule has 68 valence electrons. The number of rotatable bonds is 3. The van der Waals surface area contributed by atoms with Crippen molar-refractivity contribution in [3.8, 4) is 0 Å². The SMILES string of the molecule is C=Cc1ccccc1/C(=C\C)CN. The van der Waals surface area contributed by atoms with Gasteiger partial charge in [-0.2, -0.15) is 0 Å². The van der Waals surface area contributed by atoms with Gasteiger partial charge >= 0.3 is 0 Å². The molecule has 0 saturated carbocycles. The lowest BCUT2D eigenvalue weighted by atomic mass is 10.00. The van der Waals surface area contributed by atoms with Crippen LogP contribution in [-0.2, 0) is 0 Å². The van der Waals surface area contributed by atoms with Gasteiger partial charge in [0.1, 0.15) is 0 Å². The highest BCUT2D eigenvalue weighted by Crippen LogP contribution is 2.18. The summed E-state index contributed by atoms with van der Waals surface area (Å²) in [5.74, 6) is 0. The van der Waals surface area contributed by atoms with Crippen LogP contribution in [0, 0.1) is 0 Å². The molecule has 0 spiro atoms. The number of hydrogen-bond donors (Lipinski definition) is 1. The average Bonchev–Trinajstić information content (AvgIpc) is 2.20. The molecule has 0 amide bonds. The van der Waals surface area contributed by atoms with Gasteiger partial charge in [-0.25, -0.2) is 0 Å². The molecule has 0 heterocycles. The van der Waals surface area contributed by atoms with Crippen LogP contribution >= 0.6 is 0 Å². The van der Waals surface area contributed by atoms with Crippen LogP contribution < -0.4 is 5.73 Å². The topological polar surface area (TPSA) is 26.0 Å². The van der Waals surface area contributed by atoms with E-state index >= 15 is 0 Å². The molecule has 0 aliphatic heterocycles. The van der Waals surface area contributed by atoms with Gasteiger partial charge in [0.05, 0.1) is 0 Å². The normalized spacial score (nSPS) is 11.4. The second-order valence-electron chi connectivity index (χ2n) is 2.81. The first kappa shape index (κ1) is 9.75. The monoisotopic (exact) mass is 173 g/mol. The third kappa shape index (κ3) is 2.07. The van der Waals surface area contributed by atoms with Gasteiger partial charge in [0.2, 0.25) is 0 Å². The average molecular weight is 173 g/mol. The molecule has 0 fully saturated rings. The second kappa shape index (κ2) is 4.63.